The highest BCUT2D eigenvalue weighted by molar-refractivity contribution is 7.53. The first kappa shape index (κ1) is 25.4. The first-order valence-corrected chi connectivity index (χ1v) is 13.3. The number of hydrogen-bond donors (Lipinski definition) is 0. The predicted octanol–water partition coefficient (Wildman–Crippen LogP) is 8.18. The van der Waals surface area contributed by atoms with Crippen molar-refractivity contribution >= 4 is 7.60 Å². The Morgan fingerprint density at radius 1 is 0.679 bits per heavy atom. The molecule has 0 radical (unpaired) electrons. The summed E-state index contributed by atoms with van der Waals surface area (Å²) in [5.74, 6) is 0. The van der Waals surface area contributed by atoms with Gasteiger partial charge in [-0.15, -0.1) is 0 Å². The summed E-state index contributed by atoms with van der Waals surface area (Å²) in [6, 6.07) is 10.4. The van der Waals surface area contributed by atoms with Gasteiger partial charge in [0.25, 0.3) is 0 Å². The number of rotatable bonds is 19. The normalized spacial score (nSPS) is 13.5. The van der Waals surface area contributed by atoms with Crippen LogP contribution in [-0.4, -0.2) is 19.4 Å². The maximum atomic E-state index is 13.0. The van der Waals surface area contributed by atoms with Crippen LogP contribution in [0.15, 0.2) is 30.3 Å². The monoisotopic (exact) mass is 410 g/mol. The molecule has 0 heterocycles. The van der Waals surface area contributed by atoms with Crippen LogP contribution in [0.3, 0.4) is 0 Å². The van der Waals surface area contributed by atoms with Gasteiger partial charge in [0.05, 0.1) is 19.4 Å². The van der Waals surface area contributed by atoms with E-state index in [9.17, 15) is 4.57 Å². The molecule has 0 saturated heterocycles. The molecule has 1 rings (SSSR count). The van der Waals surface area contributed by atoms with Crippen molar-refractivity contribution < 1.29 is 13.6 Å². The molecule has 0 aromatic heterocycles. The summed E-state index contributed by atoms with van der Waals surface area (Å²) >= 11 is 0. The van der Waals surface area contributed by atoms with E-state index >= 15 is 0 Å². The van der Waals surface area contributed by atoms with E-state index < -0.39 is 7.60 Å². The van der Waals surface area contributed by atoms with E-state index in [1.54, 1.807) is 0 Å². The fourth-order valence-electron chi connectivity index (χ4n) is 3.26. The Balaban J connectivity index is 2.15. The smallest absolute Gasteiger partial charge is 0.309 e. The van der Waals surface area contributed by atoms with Gasteiger partial charge in [0.2, 0.25) is 0 Å². The third-order valence-corrected chi connectivity index (χ3v) is 7.08. The number of aryl methyl sites for hydroxylation is 1. The minimum atomic E-state index is -2.93. The van der Waals surface area contributed by atoms with Gasteiger partial charge >= 0.3 is 7.60 Å². The SMILES string of the molecule is CCCCCCCCCCCOP(=O)(CCCC)OCCCc1ccccc1. The van der Waals surface area contributed by atoms with E-state index in [0.29, 0.717) is 19.4 Å². The first-order chi connectivity index (χ1) is 13.7. The topological polar surface area (TPSA) is 35.5 Å². The maximum absolute atomic E-state index is 13.0. The first-order valence-electron chi connectivity index (χ1n) is 11.6. The van der Waals surface area contributed by atoms with Crippen molar-refractivity contribution in [2.45, 2.75) is 97.3 Å². The van der Waals surface area contributed by atoms with Gasteiger partial charge in [-0.2, -0.15) is 0 Å². The van der Waals surface area contributed by atoms with E-state index in [-0.39, 0.29) is 0 Å². The quantitative estimate of drug-likeness (QED) is 0.170. The van der Waals surface area contributed by atoms with Crippen LogP contribution in [0, 0.1) is 0 Å². The molecule has 1 atom stereocenters. The molecule has 1 unspecified atom stereocenters. The van der Waals surface area contributed by atoms with Crippen LogP contribution < -0.4 is 0 Å². The van der Waals surface area contributed by atoms with Crippen LogP contribution in [0.2, 0.25) is 0 Å². The second-order valence-electron chi connectivity index (χ2n) is 7.77. The van der Waals surface area contributed by atoms with Gasteiger partial charge in [0.15, 0.2) is 0 Å². The van der Waals surface area contributed by atoms with Crippen molar-refractivity contribution in [3.63, 3.8) is 0 Å². The lowest BCUT2D eigenvalue weighted by molar-refractivity contribution is 0.198. The van der Waals surface area contributed by atoms with Crippen LogP contribution in [-0.2, 0) is 20.0 Å². The molecule has 0 aliphatic heterocycles. The molecule has 0 aliphatic rings. The molecule has 3 nitrogen and oxygen atoms in total. The third kappa shape index (κ3) is 13.5. The molecular weight excluding hydrogens is 367 g/mol. The average Bonchev–Trinajstić information content (AvgIpc) is 2.72. The summed E-state index contributed by atoms with van der Waals surface area (Å²) in [6.07, 6.45) is 15.8. The molecule has 28 heavy (non-hydrogen) atoms. The lowest BCUT2D eigenvalue weighted by Crippen LogP contribution is -2.04. The van der Waals surface area contributed by atoms with Crippen molar-refractivity contribution in [2.75, 3.05) is 19.4 Å². The zero-order valence-corrected chi connectivity index (χ0v) is 19.3. The Kier molecular flexibility index (Phi) is 15.6. The minimum Gasteiger partial charge on any atom is -0.309 e. The van der Waals surface area contributed by atoms with Crippen molar-refractivity contribution in [2.24, 2.45) is 0 Å². The van der Waals surface area contributed by atoms with Crippen LogP contribution in [0.4, 0.5) is 0 Å². The predicted molar refractivity (Wildman–Crippen MR) is 121 cm³/mol. The second kappa shape index (κ2) is 17.2. The summed E-state index contributed by atoms with van der Waals surface area (Å²) in [5, 5.41) is 0. The van der Waals surface area contributed by atoms with Crippen LogP contribution >= 0.6 is 7.60 Å². The standard InChI is InChI=1S/C24H43O3P/c1-3-5-7-8-9-10-11-12-16-21-26-28(25,23-6-4-2)27-22-17-20-24-18-14-13-15-19-24/h13-15,18-19H,3-12,16-17,20-23H2,1-2H3. The summed E-state index contributed by atoms with van der Waals surface area (Å²) < 4.78 is 24.5. The third-order valence-electron chi connectivity index (χ3n) is 5.06. The lowest BCUT2D eigenvalue weighted by Gasteiger charge is -2.18. The molecule has 0 spiro atoms. The molecule has 0 bridgehead atoms. The van der Waals surface area contributed by atoms with E-state index in [1.165, 1.54) is 50.5 Å². The molecule has 1 aromatic carbocycles. The zero-order valence-electron chi connectivity index (χ0n) is 18.4. The van der Waals surface area contributed by atoms with E-state index in [0.717, 1.165) is 38.5 Å². The number of unbranched alkanes of at least 4 members (excludes halogenated alkanes) is 9. The summed E-state index contributed by atoms with van der Waals surface area (Å²) in [6.45, 7) is 5.44. The van der Waals surface area contributed by atoms with Crippen molar-refractivity contribution in [3.8, 4) is 0 Å². The molecule has 0 N–H and O–H groups in total. The Bertz CT molecular complexity index is 504. The van der Waals surface area contributed by atoms with Gasteiger partial charge < -0.3 is 9.05 Å². The molecule has 4 heteroatoms. The largest absolute Gasteiger partial charge is 0.330 e. The van der Waals surface area contributed by atoms with E-state index in [2.05, 4.69) is 38.1 Å². The zero-order chi connectivity index (χ0) is 20.3. The maximum Gasteiger partial charge on any atom is 0.330 e. The Labute approximate surface area is 174 Å². The van der Waals surface area contributed by atoms with Crippen LogP contribution in [0.1, 0.15) is 96.5 Å². The summed E-state index contributed by atoms with van der Waals surface area (Å²) in [4.78, 5) is 0. The molecular formula is C24H43O3P. The second-order valence-corrected chi connectivity index (χ2v) is 9.96. The van der Waals surface area contributed by atoms with Gasteiger partial charge in [-0.25, -0.2) is 0 Å². The Morgan fingerprint density at radius 2 is 1.21 bits per heavy atom. The van der Waals surface area contributed by atoms with Crippen molar-refractivity contribution in [3.05, 3.63) is 35.9 Å². The summed E-state index contributed by atoms with van der Waals surface area (Å²) in [5.41, 5.74) is 1.30. The molecule has 0 amide bonds. The van der Waals surface area contributed by atoms with Gasteiger partial charge in [-0.3, -0.25) is 4.57 Å². The highest BCUT2D eigenvalue weighted by Crippen LogP contribution is 2.49. The summed E-state index contributed by atoms with van der Waals surface area (Å²) in [7, 11) is -2.93. The molecule has 0 aliphatic carbocycles. The van der Waals surface area contributed by atoms with E-state index in [1.807, 2.05) is 6.07 Å². The lowest BCUT2D eigenvalue weighted by atomic mass is 10.1. The van der Waals surface area contributed by atoms with Gasteiger partial charge in [0, 0.05) is 0 Å². The van der Waals surface area contributed by atoms with Gasteiger partial charge in [0.1, 0.15) is 0 Å². The molecule has 162 valence electrons. The van der Waals surface area contributed by atoms with Gasteiger partial charge in [-0.1, -0.05) is 102 Å². The molecule has 0 fully saturated rings. The molecule has 1 aromatic rings. The van der Waals surface area contributed by atoms with E-state index in [4.69, 9.17) is 9.05 Å². The van der Waals surface area contributed by atoms with Crippen LogP contribution in [0.5, 0.6) is 0 Å². The average molecular weight is 411 g/mol. The number of hydrogen-bond acceptors (Lipinski definition) is 3. The van der Waals surface area contributed by atoms with Crippen LogP contribution in [0.25, 0.3) is 0 Å². The minimum absolute atomic E-state index is 0.508. The highest BCUT2D eigenvalue weighted by Gasteiger charge is 2.23. The van der Waals surface area contributed by atoms with Gasteiger partial charge in [-0.05, 0) is 31.2 Å². The van der Waals surface area contributed by atoms with Crippen molar-refractivity contribution in [1.82, 2.24) is 0 Å². The highest BCUT2D eigenvalue weighted by atomic mass is 31.2. The fourth-order valence-corrected chi connectivity index (χ4v) is 5.11. The number of benzene rings is 1. The molecule has 0 saturated carbocycles. The fraction of sp³-hybridized carbons (Fsp3) is 0.750. The Morgan fingerprint density at radius 3 is 1.82 bits per heavy atom. The van der Waals surface area contributed by atoms with Crippen molar-refractivity contribution in [1.29, 1.82) is 0 Å². The Hall–Kier alpha value is -0.630.